The normalized spacial score (nSPS) is 14.5. The molecule has 0 spiro atoms. The van der Waals surface area contributed by atoms with Crippen molar-refractivity contribution in [3.63, 3.8) is 0 Å². The fourth-order valence-electron chi connectivity index (χ4n) is 4.08. The summed E-state index contributed by atoms with van der Waals surface area (Å²) in [6.45, 7) is 3.50. The number of carbonyl (C=O) groups is 1. The molecule has 1 saturated heterocycles. The van der Waals surface area contributed by atoms with Crippen LogP contribution >= 0.6 is 31.9 Å². The molecule has 4 rings (SSSR count). The second kappa shape index (κ2) is 11.2. The van der Waals surface area contributed by atoms with Gasteiger partial charge >= 0.3 is 0 Å². The van der Waals surface area contributed by atoms with Crippen LogP contribution in [0.3, 0.4) is 0 Å². The number of rotatable bonds is 7. The van der Waals surface area contributed by atoms with E-state index in [1.807, 2.05) is 42.2 Å². The molecular weight excluding hydrogens is 596 g/mol. The first-order valence-corrected chi connectivity index (χ1v) is 14.3. The molecule has 0 unspecified atom stereocenters. The van der Waals surface area contributed by atoms with Crippen molar-refractivity contribution < 1.29 is 17.9 Å². The van der Waals surface area contributed by atoms with E-state index in [4.69, 9.17) is 4.74 Å². The summed E-state index contributed by atoms with van der Waals surface area (Å²) < 4.78 is 36.0. The third kappa shape index (κ3) is 6.52. The molecule has 0 aromatic heterocycles. The molecule has 35 heavy (non-hydrogen) atoms. The molecule has 9 heteroatoms. The SMILES string of the molecule is Cc1ccc(Br)c(NS(=O)(=O)c2cccc(C(=O)N(Cc3cccc(Br)c3)C3CCOCC3)c2)c1. The lowest BCUT2D eigenvalue weighted by Crippen LogP contribution is -2.43. The van der Waals surface area contributed by atoms with Crippen LogP contribution in [0.5, 0.6) is 0 Å². The second-order valence-electron chi connectivity index (χ2n) is 8.52. The highest BCUT2D eigenvalue weighted by atomic mass is 79.9. The zero-order chi connectivity index (χ0) is 25.0. The maximum atomic E-state index is 13.7. The minimum Gasteiger partial charge on any atom is -0.381 e. The Morgan fingerprint density at radius 1 is 1.03 bits per heavy atom. The third-order valence-corrected chi connectivity index (χ3v) is 8.44. The maximum Gasteiger partial charge on any atom is 0.261 e. The van der Waals surface area contributed by atoms with Gasteiger partial charge in [-0.2, -0.15) is 0 Å². The van der Waals surface area contributed by atoms with Crippen molar-refractivity contribution >= 4 is 53.5 Å². The average Bonchev–Trinajstić information content (AvgIpc) is 2.85. The van der Waals surface area contributed by atoms with E-state index in [9.17, 15) is 13.2 Å². The Balaban J connectivity index is 1.63. The van der Waals surface area contributed by atoms with E-state index in [2.05, 4.69) is 36.6 Å². The highest BCUT2D eigenvalue weighted by Crippen LogP contribution is 2.27. The van der Waals surface area contributed by atoms with Crippen LogP contribution < -0.4 is 4.72 Å². The molecule has 0 radical (unpaired) electrons. The Morgan fingerprint density at radius 2 is 1.77 bits per heavy atom. The topological polar surface area (TPSA) is 75.7 Å². The summed E-state index contributed by atoms with van der Waals surface area (Å²) >= 11 is 6.89. The molecule has 0 atom stereocenters. The van der Waals surface area contributed by atoms with E-state index >= 15 is 0 Å². The van der Waals surface area contributed by atoms with Crippen molar-refractivity contribution in [2.24, 2.45) is 0 Å². The van der Waals surface area contributed by atoms with Gasteiger partial charge in [-0.25, -0.2) is 8.42 Å². The van der Waals surface area contributed by atoms with Crippen molar-refractivity contribution in [3.05, 3.63) is 92.4 Å². The molecule has 1 amide bonds. The van der Waals surface area contributed by atoms with Crippen LogP contribution in [0.4, 0.5) is 5.69 Å². The van der Waals surface area contributed by atoms with Gasteiger partial charge in [0.15, 0.2) is 0 Å². The molecule has 0 bridgehead atoms. The zero-order valence-electron chi connectivity index (χ0n) is 19.2. The van der Waals surface area contributed by atoms with Gasteiger partial charge < -0.3 is 9.64 Å². The van der Waals surface area contributed by atoms with Crippen molar-refractivity contribution in [1.29, 1.82) is 0 Å². The average molecular weight is 622 g/mol. The number of hydrogen-bond donors (Lipinski definition) is 1. The van der Waals surface area contributed by atoms with Crippen molar-refractivity contribution in [2.75, 3.05) is 17.9 Å². The summed E-state index contributed by atoms with van der Waals surface area (Å²) in [5.74, 6) is -0.203. The summed E-state index contributed by atoms with van der Waals surface area (Å²) in [6.07, 6.45) is 1.47. The molecule has 1 heterocycles. The monoisotopic (exact) mass is 620 g/mol. The molecule has 6 nitrogen and oxygen atoms in total. The minimum absolute atomic E-state index is 0.0110. The van der Waals surface area contributed by atoms with Gasteiger partial charge in [0.2, 0.25) is 0 Å². The number of hydrogen-bond acceptors (Lipinski definition) is 4. The smallest absolute Gasteiger partial charge is 0.261 e. The van der Waals surface area contributed by atoms with Crippen molar-refractivity contribution in [2.45, 2.75) is 37.2 Å². The largest absolute Gasteiger partial charge is 0.381 e. The van der Waals surface area contributed by atoms with Gasteiger partial charge in [-0.05, 0) is 89.3 Å². The molecule has 1 fully saturated rings. The standard InChI is InChI=1S/C26H26Br2N2O4S/c1-18-8-9-24(28)25(14-18)29-35(32,33)23-7-3-5-20(16-23)26(31)30(22-10-12-34-13-11-22)17-19-4-2-6-21(27)15-19/h2-9,14-16,22,29H,10-13,17H2,1H3. The Kier molecular flexibility index (Phi) is 8.31. The number of amides is 1. The molecule has 184 valence electrons. The predicted molar refractivity (Wildman–Crippen MR) is 144 cm³/mol. The highest BCUT2D eigenvalue weighted by molar-refractivity contribution is 9.10. The molecule has 1 aliphatic heterocycles. The lowest BCUT2D eigenvalue weighted by atomic mass is 10.0. The molecule has 0 saturated carbocycles. The van der Waals surface area contributed by atoms with Crippen LogP contribution in [0, 0.1) is 6.92 Å². The van der Waals surface area contributed by atoms with Gasteiger partial charge in [-0.3, -0.25) is 9.52 Å². The van der Waals surface area contributed by atoms with Crippen LogP contribution in [0.1, 0.15) is 34.3 Å². The van der Waals surface area contributed by atoms with Crippen LogP contribution in [-0.4, -0.2) is 38.5 Å². The number of benzene rings is 3. The molecular formula is C26H26Br2N2O4S. The van der Waals surface area contributed by atoms with Crippen LogP contribution in [0.2, 0.25) is 0 Å². The summed E-state index contributed by atoms with van der Waals surface area (Å²) in [6, 6.07) is 19.5. The van der Waals surface area contributed by atoms with Crippen molar-refractivity contribution in [1.82, 2.24) is 4.90 Å². The van der Waals surface area contributed by atoms with Gasteiger partial charge in [0.25, 0.3) is 15.9 Å². The van der Waals surface area contributed by atoms with Crippen LogP contribution in [0.15, 0.2) is 80.6 Å². The minimum atomic E-state index is -3.90. The summed E-state index contributed by atoms with van der Waals surface area (Å²) in [7, 11) is -3.90. The number of anilines is 1. The maximum absolute atomic E-state index is 13.7. The summed E-state index contributed by atoms with van der Waals surface area (Å²) in [5, 5.41) is 0. The Labute approximate surface area is 223 Å². The number of sulfonamides is 1. The summed E-state index contributed by atoms with van der Waals surface area (Å²) in [4.78, 5) is 15.6. The molecule has 1 aliphatic rings. The fraction of sp³-hybridized carbons (Fsp3) is 0.269. The van der Waals surface area contributed by atoms with E-state index in [1.54, 1.807) is 24.3 Å². The van der Waals surface area contributed by atoms with E-state index in [0.29, 0.717) is 35.5 Å². The van der Waals surface area contributed by atoms with Crippen molar-refractivity contribution in [3.8, 4) is 0 Å². The van der Waals surface area contributed by atoms with Crippen LogP contribution in [-0.2, 0) is 21.3 Å². The highest BCUT2D eigenvalue weighted by Gasteiger charge is 2.28. The first-order chi connectivity index (χ1) is 16.7. The quantitative estimate of drug-likeness (QED) is 0.344. The molecule has 3 aromatic carbocycles. The number of aryl methyl sites for hydroxylation is 1. The zero-order valence-corrected chi connectivity index (χ0v) is 23.2. The van der Waals surface area contributed by atoms with Crippen LogP contribution in [0.25, 0.3) is 0 Å². The molecule has 1 N–H and O–H groups in total. The lowest BCUT2D eigenvalue weighted by molar-refractivity contribution is 0.0267. The number of nitrogens with one attached hydrogen (secondary N) is 1. The van der Waals surface area contributed by atoms with E-state index in [0.717, 1.165) is 28.4 Å². The number of halogens is 2. The van der Waals surface area contributed by atoms with Gasteiger partial charge in [-0.15, -0.1) is 0 Å². The van der Waals surface area contributed by atoms with Gasteiger partial charge in [0, 0.05) is 40.3 Å². The lowest BCUT2D eigenvalue weighted by Gasteiger charge is -2.34. The molecule has 3 aromatic rings. The van der Waals surface area contributed by atoms with E-state index in [1.165, 1.54) is 12.1 Å². The van der Waals surface area contributed by atoms with Gasteiger partial charge in [-0.1, -0.05) is 40.2 Å². The Morgan fingerprint density at radius 3 is 2.51 bits per heavy atom. The van der Waals surface area contributed by atoms with E-state index in [-0.39, 0.29) is 16.8 Å². The second-order valence-corrected chi connectivity index (χ2v) is 12.0. The summed E-state index contributed by atoms with van der Waals surface area (Å²) in [5.41, 5.74) is 2.70. The third-order valence-electron chi connectivity index (χ3n) is 5.89. The number of carbonyl (C=O) groups excluding carboxylic acids is 1. The van der Waals surface area contributed by atoms with E-state index < -0.39 is 10.0 Å². The number of nitrogens with zero attached hydrogens (tertiary/aromatic N) is 1. The first kappa shape index (κ1) is 25.9. The Bertz CT molecular complexity index is 1320. The number of ether oxygens (including phenoxy) is 1. The molecule has 0 aliphatic carbocycles. The van der Waals surface area contributed by atoms with Gasteiger partial charge in [0.05, 0.1) is 10.6 Å². The Hall–Kier alpha value is -2.20. The van der Waals surface area contributed by atoms with Gasteiger partial charge in [0.1, 0.15) is 0 Å². The fourth-order valence-corrected chi connectivity index (χ4v) is 6.12. The predicted octanol–water partition coefficient (Wildman–Crippen LogP) is 6.14. The first-order valence-electron chi connectivity index (χ1n) is 11.2.